The maximum absolute atomic E-state index is 12.7. The van der Waals surface area contributed by atoms with E-state index in [1.807, 2.05) is 0 Å². The maximum Gasteiger partial charge on any atom is 0.417 e. The molecule has 22 heavy (non-hydrogen) atoms. The summed E-state index contributed by atoms with van der Waals surface area (Å²) in [4.78, 5) is 11.9. The molecular formula is C14H11ClF3N3O. The molecule has 8 heteroatoms. The summed E-state index contributed by atoms with van der Waals surface area (Å²) in [6, 6.07) is 4.95. The molecule has 1 aromatic carbocycles. The van der Waals surface area contributed by atoms with E-state index in [0.717, 1.165) is 25.0 Å². The van der Waals surface area contributed by atoms with Crippen LogP contribution in [0.25, 0.3) is 0 Å². The molecule has 0 unspecified atom stereocenters. The second-order valence-corrected chi connectivity index (χ2v) is 5.16. The van der Waals surface area contributed by atoms with E-state index >= 15 is 0 Å². The first-order chi connectivity index (χ1) is 10.3. The Morgan fingerprint density at radius 2 is 2.09 bits per heavy atom. The first kappa shape index (κ1) is 16.2. The molecule has 0 radical (unpaired) electrons. The fourth-order valence-electron chi connectivity index (χ4n) is 1.62. The smallest absolute Gasteiger partial charge is 0.387 e. The van der Waals surface area contributed by atoms with Gasteiger partial charge in [0.05, 0.1) is 10.6 Å². The Labute approximate surface area is 129 Å². The SMILES string of the molecule is N#C/C(=C/NC1CC1)C(=O)Nc1ccc(Cl)c(C(F)(F)F)c1. The number of hydrogen-bond acceptors (Lipinski definition) is 3. The molecule has 1 saturated carbocycles. The molecule has 1 aliphatic carbocycles. The minimum atomic E-state index is -4.63. The number of halogens is 4. The van der Waals surface area contributed by atoms with Crippen LogP contribution < -0.4 is 10.6 Å². The highest BCUT2D eigenvalue weighted by molar-refractivity contribution is 6.31. The number of carbonyl (C=O) groups is 1. The lowest BCUT2D eigenvalue weighted by atomic mass is 10.2. The van der Waals surface area contributed by atoms with Crippen molar-refractivity contribution in [2.45, 2.75) is 25.1 Å². The average Bonchev–Trinajstić information content (AvgIpc) is 3.24. The molecule has 0 aromatic heterocycles. The predicted molar refractivity (Wildman–Crippen MR) is 74.9 cm³/mol. The highest BCUT2D eigenvalue weighted by Gasteiger charge is 2.33. The average molecular weight is 330 g/mol. The number of benzene rings is 1. The van der Waals surface area contributed by atoms with Gasteiger partial charge in [-0.15, -0.1) is 0 Å². The van der Waals surface area contributed by atoms with Crippen LogP contribution in [-0.4, -0.2) is 11.9 Å². The van der Waals surface area contributed by atoms with E-state index < -0.39 is 22.7 Å². The Morgan fingerprint density at radius 1 is 1.41 bits per heavy atom. The summed E-state index contributed by atoms with van der Waals surface area (Å²) in [7, 11) is 0. The summed E-state index contributed by atoms with van der Waals surface area (Å²) in [6.45, 7) is 0. The van der Waals surface area contributed by atoms with Crippen LogP contribution in [0.15, 0.2) is 30.0 Å². The largest absolute Gasteiger partial charge is 0.417 e. The van der Waals surface area contributed by atoms with Gasteiger partial charge in [-0.05, 0) is 31.0 Å². The molecule has 2 rings (SSSR count). The number of carbonyl (C=O) groups excluding carboxylic acids is 1. The zero-order chi connectivity index (χ0) is 16.3. The maximum atomic E-state index is 12.7. The molecule has 1 aliphatic rings. The molecule has 2 N–H and O–H groups in total. The molecule has 1 amide bonds. The lowest BCUT2D eigenvalue weighted by Gasteiger charge is -2.11. The van der Waals surface area contributed by atoms with Gasteiger partial charge >= 0.3 is 6.18 Å². The van der Waals surface area contributed by atoms with Gasteiger partial charge < -0.3 is 10.6 Å². The number of anilines is 1. The number of nitriles is 1. The number of hydrogen-bond donors (Lipinski definition) is 2. The van der Waals surface area contributed by atoms with E-state index in [1.54, 1.807) is 6.07 Å². The van der Waals surface area contributed by atoms with Crippen LogP contribution in [-0.2, 0) is 11.0 Å². The standard InChI is InChI=1S/C14H11ClF3N3O/c15-12-4-3-10(5-11(12)14(16,17)18)21-13(22)8(6-19)7-20-9-1-2-9/h3-5,7,9,20H,1-2H2,(H,21,22)/b8-7-. The number of nitrogens with one attached hydrogen (secondary N) is 2. The van der Waals surface area contributed by atoms with Gasteiger partial charge in [-0.25, -0.2) is 0 Å². The van der Waals surface area contributed by atoms with Gasteiger partial charge in [0.15, 0.2) is 0 Å². The van der Waals surface area contributed by atoms with E-state index in [9.17, 15) is 18.0 Å². The van der Waals surface area contributed by atoms with E-state index in [-0.39, 0.29) is 17.3 Å². The van der Waals surface area contributed by atoms with Crippen molar-refractivity contribution in [3.05, 3.63) is 40.6 Å². The quantitative estimate of drug-likeness (QED) is 0.657. The predicted octanol–water partition coefficient (Wildman–Crippen LogP) is 3.46. The third-order valence-electron chi connectivity index (χ3n) is 2.94. The molecule has 116 valence electrons. The van der Waals surface area contributed by atoms with Gasteiger partial charge in [-0.3, -0.25) is 4.79 Å². The van der Waals surface area contributed by atoms with Gasteiger partial charge in [-0.2, -0.15) is 18.4 Å². The van der Waals surface area contributed by atoms with E-state index in [4.69, 9.17) is 16.9 Å². The zero-order valence-electron chi connectivity index (χ0n) is 11.2. The van der Waals surface area contributed by atoms with E-state index in [1.165, 1.54) is 12.3 Å². The normalized spacial score (nSPS) is 15.1. The van der Waals surface area contributed by atoms with Crippen molar-refractivity contribution in [2.75, 3.05) is 5.32 Å². The van der Waals surface area contributed by atoms with Crippen molar-refractivity contribution in [3.63, 3.8) is 0 Å². The Balaban J connectivity index is 2.14. The second-order valence-electron chi connectivity index (χ2n) is 4.76. The zero-order valence-corrected chi connectivity index (χ0v) is 11.9. The van der Waals surface area contributed by atoms with Crippen molar-refractivity contribution in [2.24, 2.45) is 0 Å². The molecule has 0 atom stereocenters. The minimum Gasteiger partial charge on any atom is -0.387 e. The molecule has 0 bridgehead atoms. The number of nitrogens with zero attached hydrogens (tertiary/aromatic N) is 1. The van der Waals surface area contributed by atoms with E-state index in [2.05, 4.69) is 10.6 Å². The number of rotatable bonds is 4. The molecule has 0 spiro atoms. The molecular weight excluding hydrogens is 319 g/mol. The van der Waals surface area contributed by atoms with Crippen molar-refractivity contribution in [1.82, 2.24) is 5.32 Å². The van der Waals surface area contributed by atoms with Crippen LogP contribution in [0.2, 0.25) is 5.02 Å². The second kappa shape index (κ2) is 6.28. The Hall–Kier alpha value is -2.20. The molecule has 1 aromatic rings. The summed E-state index contributed by atoms with van der Waals surface area (Å²) in [5, 5.41) is 13.6. The minimum absolute atomic E-state index is 0.0886. The number of amides is 1. The van der Waals surface area contributed by atoms with Gasteiger partial charge in [0.1, 0.15) is 11.6 Å². The third kappa shape index (κ3) is 4.15. The summed E-state index contributed by atoms with van der Waals surface area (Å²) >= 11 is 5.49. The first-order valence-corrected chi connectivity index (χ1v) is 6.73. The molecule has 4 nitrogen and oxygen atoms in total. The molecule has 0 saturated heterocycles. The first-order valence-electron chi connectivity index (χ1n) is 6.35. The van der Waals surface area contributed by atoms with Crippen LogP contribution in [0.3, 0.4) is 0 Å². The van der Waals surface area contributed by atoms with E-state index in [0.29, 0.717) is 0 Å². The van der Waals surface area contributed by atoms with Crippen LogP contribution in [0.1, 0.15) is 18.4 Å². The van der Waals surface area contributed by atoms with Gasteiger partial charge in [0, 0.05) is 17.9 Å². The lowest BCUT2D eigenvalue weighted by molar-refractivity contribution is -0.137. The van der Waals surface area contributed by atoms with Crippen LogP contribution in [0.5, 0.6) is 0 Å². The fourth-order valence-corrected chi connectivity index (χ4v) is 1.84. The van der Waals surface area contributed by atoms with Crippen LogP contribution >= 0.6 is 11.6 Å². The topological polar surface area (TPSA) is 64.9 Å². The van der Waals surface area contributed by atoms with Crippen LogP contribution in [0.4, 0.5) is 18.9 Å². The molecule has 0 heterocycles. The third-order valence-corrected chi connectivity index (χ3v) is 3.27. The summed E-state index contributed by atoms with van der Waals surface area (Å²) in [5.74, 6) is -0.786. The monoisotopic (exact) mass is 329 g/mol. The van der Waals surface area contributed by atoms with Gasteiger partial charge in [0.25, 0.3) is 5.91 Å². The van der Waals surface area contributed by atoms with Crippen molar-refractivity contribution in [3.8, 4) is 6.07 Å². The van der Waals surface area contributed by atoms with Crippen LogP contribution in [0, 0.1) is 11.3 Å². The Kier molecular flexibility index (Phi) is 4.62. The van der Waals surface area contributed by atoms with Crippen molar-refractivity contribution in [1.29, 1.82) is 5.26 Å². The Morgan fingerprint density at radius 3 is 2.64 bits per heavy atom. The lowest BCUT2D eigenvalue weighted by Crippen LogP contribution is -2.18. The van der Waals surface area contributed by atoms with Crippen molar-refractivity contribution < 1.29 is 18.0 Å². The summed E-state index contributed by atoms with van der Waals surface area (Å²) in [5.41, 5.74) is -1.35. The highest BCUT2D eigenvalue weighted by atomic mass is 35.5. The fraction of sp³-hybridized carbons (Fsp3) is 0.286. The molecule has 0 aliphatic heterocycles. The Bertz CT molecular complexity index is 660. The van der Waals surface area contributed by atoms with Gasteiger partial charge in [0.2, 0.25) is 0 Å². The summed E-state index contributed by atoms with van der Waals surface area (Å²) in [6.07, 6.45) is -1.43. The molecule has 1 fully saturated rings. The summed E-state index contributed by atoms with van der Waals surface area (Å²) < 4.78 is 38.2. The highest BCUT2D eigenvalue weighted by Crippen LogP contribution is 2.36. The van der Waals surface area contributed by atoms with Gasteiger partial charge in [-0.1, -0.05) is 11.6 Å². The van der Waals surface area contributed by atoms with Crippen molar-refractivity contribution >= 4 is 23.2 Å². The number of alkyl halides is 3.